The Morgan fingerprint density at radius 1 is 0.523 bits per heavy atom. The molecular weight excluding hydrogens is 540 g/mol. The zero-order chi connectivity index (χ0) is 30.9. The van der Waals surface area contributed by atoms with Gasteiger partial charge in [0.1, 0.15) is 48.6 Å². The van der Waals surface area contributed by atoms with Crippen molar-refractivity contribution in [1.82, 2.24) is 0 Å². The van der Waals surface area contributed by atoms with E-state index in [-0.39, 0.29) is 23.1 Å². The van der Waals surface area contributed by atoms with Crippen LogP contribution in [0.15, 0.2) is 103 Å². The van der Waals surface area contributed by atoms with Crippen LogP contribution in [0.4, 0.5) is 0 Å². The maximum Gasteiger partial charge on any atom is 0.143 e. The molecule has 0 amide bonds. The molecule has 1 aliphatic carbocycles. The summed E-state index contributed by atoms with van der Waals surface area (Å²) in [6.45, 7) is 0. The van der Waals surface area contributed by atoms with Crippen LogP contribution >= 0.6 is 0 Å². The Morgan fingerprint density at radius 2 is 1.05 bits per heavy atom. The average molecular weight is 570 g/mol. The normalized spacial score (nSPS) is 16.4. The third-order valence-electron chi connectivity index (χ3n) is 9.67. The quantitative estimate of drug-likeness (QED) is 0.195. The third kappa shape index (κ3) is 4.09. The molecule has 0 saturated carbocycles. The Kier molecular flexibility index (Phi) is 6.64. The van der Waals surface area contributed by atoms with Gasteiger partial charge in [-0.1, -0.05) is 96.5 Å². The Hall–Kier alpha value is -4.80. The van der Waals surface area contributed by atoms with Crippen molar-refractivity contribution >= 4 is 69.6 Å². The van der Waals surface area contributed by atoms with Crippen molar-refractivity contribution in [3.05, 3.63) is 114 Å². The van der Waals surface area contributed by atoms with E-state index in [1.54, 1.807) is 15.7 Å². The summed E-state index contributed by atoms with van der Waals surface area (Å²) >= 11 is 0. The number of fused-ring (bicyclic) bond motifs is 3. The molecule has 2 unspecified atom stereocenters. The number of phenols is 2. The van der Waals surface area contributed by atoms with Crippen molar-refractivity contribution in [3.8, 4) is 44.9 Å². The molecule has 4 nitrogen and oxygen atoms in total. The molecule has 8 heteroatoms. The number of aliphatic hydroxyl groups is 2. The van der Waals surface area contributed by atoms with Crippen LogP contribution in [-0.2, 0) is 0 Å². The Bertz CT molecular complexity index is 2160. The molecule has 0 spiro atoms. The minimum Gasteiger partial charge on any atom is -0.508 e. The molecular formula is C36H30B4O4. The van der Waals surface area contributed by atoms with Gasteiger partial charge in [-0.15, -0.1) is 0 Å². The fourth-order valence-corrected chi connectivity index (χ4v) is 6.81. The minimum atomic E-state index is -0.945. The second kappa shape index (κ2) is 10.4. The predicted octanol–water partition coefficient (Wildman–Crippen LogP) is 3.25. The van der Waals surface area contributed by atoms with Crippen LogP contribution in [0.2, 0.25) is 5.82 Å². The molecule has 6 aromatic carbocycles. The first-order chi connectivity index (χ1) is 21.2. The molecule has 7 rings (SSSR count). The van der Waals surface area contributed by atoms with Gasteiger partial charge >= 0.3 is 0 Å². The predicted molar refractivity (Wildman–Crippen MR) is 193 cm³/mol. The van der Waals surface area contributed by atoms with Crippen molar-refractivity contribution in [2.45, 2.75) is 11.9 Å². The fraction of sp³-hybridized carbons (Fsp3) is 0.0556. The summed E-state index contributed by atoms with van der Waals surface area (Å²) < 4.78 is 0. The average Bonchev–Trinajstić information content (AvgIpc) is 3.06. The monoisotopic (exact) mass is 570 g/mol. The van der Waals surface area contributed by atoms with E-state index in [9.17, 15) is 20.4 Å². The lowest BCUT2D eigenvalue weighted by Crippen LogP contribution is -2.27. The van der Waals surface area contributed by atoms with Gasteiger partial charge in [0.2, 0.25) is 0 Å². The maximum absolute atomic E-state index is 11.9. The van der Waals surface area contributed by atoms with Crippen molar-refractivity contribution < 1.29 is 20.4 Å². The summed E-state index contributed by atoms with van der Waals surface area (Å²) in [6.07, 6.45) is -0.945. The molecule has 2 atom stereocenters. The van der Waals surface area contributed by atoms with Crippen LogP contribution in [0.5, 0.6) is 11.5 Å². The number of benzene rings is 6. The van der Waals surface area contributed by atoms with Crippen LogP contribution in [0.3, 0.4) is 0 Å². The molecule has 0 fully saturated rings. The lowest BCUT2D eigenvalue weighted by molar-refractivity contribution is 0.178. The molecule has 210 valence electrons. The SMILES string of the molecule is BC1=C(O)c2c(c(-c3ccccc3)c3c(O)c(B)c(B)c(O)c3c2-c2ccc(-c3ccc4ccccc4c3)cc2)C(O)C1B. The van der Waals surface area contributed by atoms with E-state index in [0.717, 1.165) is 27.6 Å². The molecule has 6 aromatic rings. The number of hydrogen-bond acceptors (Lipinski definition) is 4. The zero-order valence-electron chi connectivity index (χ0n) is 25.2. The van der Waals surface area contributed by atoms with Crippen molar-refractivity contribution in [2.75, 3.05) is 0 Å². The van der Waals surface area contributed by atoms with E-state index in [0.29, 0.717) is 49.4 Å². The second-order valence-electron chi connectivity index (χ2n) is 12.0. The van der Waals surface area contributed by atoms with Crippen LogP contribution in [0.1, 0.15) is 17.2 Å². The molecule has 44 heavy (non-hydrogen) atoms. The number of aliphatic hydroxyl groups excluding tert-OH is 2. The summed E-state index contributed by atoms with van der Waals surface area (Å²) in [6, 6.07) is 32.3. The maximum atomic E-state index is 11.9. The minimum absolute atomic E-state index is 0.0439. The topological polar surface area (TPSA) is 80.9 Å². The number of rotatable bonds is 3. The second-order valence-corrected chi connectivity index (χ2v) is 12.0. The molecule has 0 saturated heterocycles. The highest BCUT2D eigenvalue weighted by atomic mass is 16.3. The van der Waals surface area contributed by atoms with E-state index in [2.05, 4.69) is 30.3 Å². The third-order valence-corrected chi connectivity index (χ3v) is 9.67. The number of phenolic OH excluding ortho intramolecular Hbond substituents is 2. The highest BCUT2D eigenvalue weighted by molar-refractivity contribution is 6.53. The van der Waals surface area contributed by atoms with Gasteiger partial charge in [0.15, 0.2) is 0 Å². The molecule has 0 radical (unpaired) electrons. The molecule has 4 N–H and O–H groups in total. The molecule has 1 aliphatic rings. The van der Waals surface area contributed by atoms with Crippen molar-refractivity contribution in [1.29, 1.82) is 0 Å². The van der Waals surface area contributed by atoms with E-state index in [4.69, 9.17) is 0 Å². The van der Waals surface area contributed by atoms with E-state index in [1.165, 1.54) is 5.39 Å². The van der Waals surface area contributed by atoms with Crippen LogP contribution in [0.25, 0.3) is 60.7 Å². The molecule has 0 bridgehead atoms. The Morgan fingerprint density at radius 3 is 1.70 bits per heavy atom. The van der Waals surface area contributed by atoms with Gasteiger partial charge in [-0.2, -0.15) is 0 Å². The summed E-state index contributed by atoms with van der Waals surface area (Å²) in [5, 5.41) is 50.5. The smallest absolute Gasteiger partial charge is 0.143 e. The van der Waals surface area contributed by atoms with Crippen molar-refractivity contribution in [3.63, 3.8) is 0 Å². The van der Waals surface area contributed by atoms with Gasteiger partial charge in [-0.3, -0.25) is 0 Å². The number of aromatic hydroxyl groups is 2. The van der Waals surface area contributed by atoms with Gasteiger partial charge in [0.25, 0.3) is 0 Å². The molecule has 0 aromatic heterocycles. The highest BCUT2D eigenvalue weighted by Crippen LogP contribution is 2.55. The zero-order valence-corrected chi connectivity index (χ0v) is 25.2. The summed E-state index contributed by atoms with van der Waals surface area (Å²) in [5.41, 5.74) is 7.68. The van der Waals surface area contributed by atoms with Gasteiger partial charge in [0, 0.05) is 27.5 Å². The Balaban J connectivity index is 1.59. The highest BCUT2D eigenvalue weighted by Gasteiger charge is 2.37. The van der Waals surface area contributed by atoms with Gasteiger partial charge in [-0.05, 0) is 61.4 Å². The molecule has 0 aliphatic heterocycles. The first-order valence-corrected chi connectivity index (χ1v) is 15.0. The first-order valence-electron chi connectivity index (χ1n) is 15.0. The Labute approximate surface area is 260 Å². The van der Waals surface area contributed by atoms with Gasteiger partial charge in [0.05, 0.1) is 6.10 Å². The van der Waals surface area contributed by atoms with E-state index >= 15 is 0 Å². The van der Waals surface area contributed by atoms with Crippen LogP contribution < -0.4 is 10.9 Å². The van der Waals surface area contributed by atoms with Crippen LogP contribution in [-0.4, -0.2) is 51.8 Å². The van der Waals surface area contributed by atoms with Gasteiger partial charge < -0.3 is 20.4 Å². The summed E-state index contributed by atoms with van der Waals surface area (Å²) in [4.78, 5) is 0. The number of hydrogen-bond donors (Lipinski definition) is 4. The van der Waals surface area contributed by atoms with Gasteiger partial charge in [-0.25, -0.2) is 0 Å². The lowest BCUT2D eigenvalue weighted by atomic mass is 9.60. The van der Waals surface area contributed by atoms with Crippen LogP contribution in [0, 0.1) is 0 Å². The largest absolute Gasteiger partial charge is 0.508 e. The van der Waals surface area contributed by atoms with E-state index in [1.807, 2.05) is 82.4 Å². The summed E-state index contributed by atoms with van der Waals surface area (Å²) in [7, 11) is 7.31. The summed E-state index contributed by atoms with van der Waals surface area (Å²) in [5.74, 6) is -0.172. The lowest BCUT2D eigenvalue weighted by Gasteiger charge is -2.34. The van der Waals surface area contributed by atoms with Crippen molar-refractivity contribution in [2.24, 2.45) is 0 Å². The first kappa shape index (κ1) is 28.0. The molecule has 0 heterocycles. The van der Waals surface area contributed by atoms with E-state index < -0.39 is 6.10 Å². The fourth-order valence-electron chi connectivity index (χ4n) is 6.81. The standard InChI is InChI=1S/C36H30B4O4/c37-29-31(39)35(43)27-24(20-13-10-18(11-14-20)22-15-12-17-6-4-5-9-21(17)16-22)28-26(34(42)30(38)32(40)36(28)44)23(25(27)33(29)41)19-7-2-1-3-8-19/h1-16,29,33,41-44H,37-40H2.